The Kier molecular flexibility index (Phi) is 4.67. The van der Waals surface area contributed by atoms with Gasteiger partial charge in [-0.25, -0.2) is 4.79 Å². The Morgan fingerprint density at radius 3 is 2.36 bits per heavy atom. The molecule has 1 aromatic heterocycles. The number of carbonyl (C=O) groups is 2. The van der Waals surface area contributed by atoms with E-state index in [-0.39, 0.29) is 5.91 Å². The summed E-state index contributed by atoms with van der Waals surface area (Å²) in [6.45, 7) is 0. The molecule has 0 atom stereocenters. The maximum absolute atomic E-state index is 12.4. The molecule has 2 aromatic carbocycles. The predicted molar refractivity (Wildman–Crippen MR) is 100 cm³/mol. The monoisotopic (exact) mass is 353 g/mol. The van der Waals surface area contributed by atoms with Gasteiger partial charge in [0.1, 0.15) is 0 Å². The first-order chi connectivity index (χ1) is 12.0. The Morgan fingerprint density at radius 2 is 1.72 bits per heavy atom. The van der Waals surface area contributed by atoms with Gasteiger partial charge in [-0.15, -0.1) is 0 Å². The van der Waals surface area contributed by atoms with Crippen LogP contribution in [0.5, 0.6) is 0 Å². The van der Waals surface area contributed by atoms with Crippen LogP contribution < -0.4 is 16.4 Å². The molecule has 3 aromatic rings. The van der Waals surface area contributed by atoms with Crippen LogP contribution in [0.1, 0.15) is 10.4 Å². The van der Waals surface area contributed by atoms with Crippen LogP contribution in [-0.4, -0.2) is 17.1 Å². The van der Waals surface area contributed by atoms with E-state index in [2.05, 4.69) is 10.6 Å². The largest absolute Gasteiger partial charge is 0.465 e. The molecule has 7 heteroatoms. The number of amides is 2. The molecule has 126 valence electrons. The van der Waals surface area contributed by atoms with E-state index >= 15 is 0 Å². The lowest BCUT2D eigenvalue weighted by atomic mass is 10.1. The van der Waals surface area contributed by atoms with Crippen molar-refractivity contribution in [2.45, 2.75) is 0 Å². The number of anilines is 3. The third-order valence-corrected chi connectivity index (χ3v) is 4.24. The van der Waals surface area contributed by atoms with Gasteiger partial charge >= 0.3 is 6.09 Å². The summed E-state index contributed by atoms with van der Waals surface area (Å²) in [5, 5.41) is 17.7. The van der Waals surface area contributed by atoms with Crippen LogP contribution in [-0.2, 0) is 0 Å². The molecular weight excluding hydrogens is 338 g/mol. The van der Waals surface area contributed by atoms with Crippen molar-refractivity contribution in [3.63, 3.8) is 0 Å². The van der Waals surface area contributed by atoms with Gasteiger partial charge in [0.2, 0.25) is 0 Å². The van der Waals surface area contributed by atoms with Crippen LogP contribution in [0.4, 0.5) is 21.9 Å². The second kappa shape index (κ2) is 7.06. The van der Waals surface area contributed by atoms with Crippen LogP contribution in [0.3, 0.4) is 0 Å². The summed E-state index contributed by atoms with van der Waals surface area (Å²) in [6, 6.07) is 13.6. The molecule has 5 N–H and O–H groups in total. The average molecular weight is 353 g/mol. The van der Waals surface area contributed by atoms with Crippen molar-refractivity contribution >= 4 is 40.4 Å². The minimum absolute atomic E-state index is 0.323. The van der Waals surface area contributed by atoms with Crippen molar-refractivity contribution in [2.75, 3.05) is 16.4 Å². The van der Waals surface area contributed by atoms with Crippen molar-refractivity contribution in [1.29, 1.82) is 0 Å². The van der Waals surface area contributed by atoms with Crippen LogP contribution in [0, 0.1) is 0 Å². The summed E-state index contributed by atoms with van der Waals surface area (Å²) >= 11 is 1.59. The molecule has 0 saturated heterocycles. The fourth-order valence-electron chi connectivity index (χ4n) is 2.30. The number of nitrogens with two attached hydrogens (primary N) is 1. The topological polar surface area (TPSA) is 104 Å². The zero-order valence-electron chi connectivity index (χ0n) is 13.0. The summed E-state index contributed by atoms with van der Waals surface area (Å²) in [6.07, 6.45) is -1.16. The number of hydrogen-bond acceptors (Lipinski definition) is 4. The Balaban J connectivity index is 1.78. The Bertz CT molecular complexity index is 906. The molecule has 0 radical (unpaired) electrons. The Hall–Kier alpha value is -3.32. The molecule has 0 spiro atoms. The van der Waals surface area contributed by atoms with Gasteiger partial charge in [-0.3, -0.25) is 10.1 Å². The minimum Gasteiger partial charge on any atom is -0.465 e. The quantitative estimate of drug-likeness (QED) is 0.524. The van der Waals surface area contributed by atoms with Gasteiger partial charge in [-0.05, 0) is 64.4 Å². The molecule has 0 bridgehead atoms. The fourth-order valence-corrected chi connectivity index (χ4v) is 2.96. The molecule has 6 nitrogen and oxygen atoms in total. The number of nitrogen functional groups attached to an aromatic ring is 1. The van der Waals surface area contributed by atoms with E-state index in [0.29, 0.717) is 22.6 Å². The predicted octanol–water partition coefficient (Wildman–Crippen LogP) is 4.34. The van der Waals surface area contributed by atoms with Crippen molar-refractivity contribution < 1.29 is 14.7 Å². The summed E-state index contributed by atoms with van der Waals surface area (Å²) in [5.74, 6) is -0.323. The van der Waals surface area contributed by atoms with Crippen molar-refractivity contribution in [3.8, 4) is 11.1 Å². The second-order valence-corrected chi connectivity index (χ2v) is 6.06. The van der Waals surface area contributed by atoms with Gasteiger partial charge in [0.15, 0.2) is 0 Å². The normalized spacial score (nSPS) is 10.2. The average Bonchev–Trinajstić information content (AvgIpc) is 3.11. The third kappa shape index (κ3) is 3.96. The molecule has 3 rings (SSSR count). The molecule has 1 heterocycles. The highest BCUT2D eigenvalue weighted by atomic mass is 32.1. The number of benzene rings is 2. The smallest absolute Gasteiger partial charge is 0.409 e. The van der Waals surface area contributed by atoms with Crippen LogP contribution in [0.2, 0.25) is 0 Å². The van der Waals surface area contributed by atoms with Crippen molar-refractivity contribution in [2.24, 2.45) is 0 Å². The molecule has 0 aliphatic carbocycles. The standard InChI is InChI=1S/C18H15N3O3S/c19-15-6-3-12(13-7-8-25-10-13)9-16(15)21-17(22)11-1-4-14(5-2-11)20-18(23)24/h1-10,20H,19H2,(H,21,22)(H,23,24). The summed E-state index contributed by atoms with van der Waals surface area (Å²) in [7, 11) is 0. The fraction of sp³-hybridized carbons (Fsp3) is 0. The Labute approximate surface area is 147 Å². The second-order valence-electron chi connectivity index (χ2n) is 5.28. The van der Waals surface area contributed by atoms with E-state index in [1.54, 1.807) is 29.5 Å². The number of nitrogens with one attached hydrogen (secondary N) is 2. The number of hydrogen-bond donors (Lipinski definition) is 4. The van der Waals surface area contributed by atoms with Gasteiger partial charge in [-0.2, -0.15) is 11.3 Å². The van der Waals surface area contributed by atoms with E-state index in [0.717, 1.165) is 11.1 Å². The van der Waals surface area contributed by atoms with E-state index in [1.807, 2.05) is 29.0 Å². The Morgan fingerprint density at radius 1 is 0.960 bits per heavy atom. The first-order valence-electron chi connectivity index (χ1n) is 7.36. The number of rotatable bonds is 4. The van der Waals surface area contributed by atoms with Crippen molar-refractivity contribution in [3.05, 3.63) is 64.9 Å². The van der Waals surface area contributed by atoms with Crippen LogP contribution in [0.25, 0.3) is 11.1 Å². The molecule has 2 amide bonds. The van der Waals surface area contributed by atoms with Gasteiger partial charge in [0, 0.05) is 11.3 Å². The summed E-state index contributed by atoms with van der Waals surface area (Å²) < 4.78 is 0. The maximum atomic E-state index is 12.4. The van der Waals surface area contributed by atoms with Gasteiger partial charge in [0.25, 0.3) is 5.91 Å². The lowest BCUT2D eigenvalue weighted by molar-refractivity contribution is 0.102. The number of carboxylic acid groups (broad SMARTS) is 1. The van der Waals surface area contributed by atoms with E-state index in [9.17, 15) is 9.59 Å². The van der Waals surface area contributed by atoms with Crippen molar-refractivity contribution in [1.82, 2.24) is 0 Å². The SMILES string of the molecule is Nc1ccc(-c2ccsc2)cc1NC(=O)c1ccc(NC(=O)O)cc1. The lowest BCUT2D eigenvalue weighted by Gasteiger charge is -2.10. The van der Waals surface area contributed by atoms with Gasteiger partial charge in [0.05, 0.1) is 11.4 Å². The summed E-state index contributed by atoms with van der Waals surface area (Å²) in [5.41, 5.74) is 9.77. The summed E-state index contributed by atoms with van der Waals surface area (Å²) in [4.78, 5) is 23.0. The lowest BCUT2D eigenvalue weighted by Crippen LogP contribution is -2.13. The minimum atomic E-state index is -1.16. The van der Waals surface area contributed by atoms with Gasteiger partial charge < -0.3 is 16.2 Å². The van der Waals surface area contributed by atoms with E-state index in [1.165, 1.54) is 12.1 Å². The maximum Gasteiger partial charge on any atom is 0.409 e. The highest BCUT2D eigenvalue weighted by molar-refractivity contribution is 7.08. The molecule has 0 fully saturated rings. The molecule has 0 aliphatic heterocycles. The number of carbonyl (C=O) groups excluding carboxylic acids is 1. The molecule has 0 unspecified atom stereocenters. The first kappa shape index (κ1) is 16.5. The zero-order valence-corrected chi connectivity index (χ0v) is 13.8. The van der Waals surface area contributed by atoms with Crippen LogP contribution in [0.15, 0.2) is 59.3 Å². The van der Waals surface area contributed by atoms with Crippen LogP contribution >= 0.6 is 11.3 Å². The zero-order chi connectivity index (χ0) is 17.8. The molecule has 0 saturated carbocycles. The molecule has 0 aliphatic rings. The highest BCUT2D eigenvalue weighted by Crippen LogP contribution is 2.29. The van der Waals surface area contributed by atoms with Gasteiger partial charge in [-0.1, -0.05) is 6.07 Å². The highest BCUT2D eigenvalue weighted by Gasteiger charge is 2.10. The van der Waals surface area contributed by atoms with E-state index < -0.39 is 6.09 Å². The first-order valence-corrected chi connectivity index (χ1v) is 8.30. The third-order valence-electron chi connectivity index (χ3n) is 3.55. The van der Waals surface area contributed by atoms with E-state index in [4.69, 9.17) is 10.8 Å². The molecular formula is C18H15N3O3S. The number of thiophene rings is 1. The molecule has 25 heavy (non-hydrogen) atoms.